The van der Waals surface area contributed by atoms with E-state index in [9.17, 15) is 9.18 Å². The Morgan fingerprint density at radius 3 is 2.96 bits per heavy atom. The zero-order chi connectivity index (χ0) is 17.1. The van der Waals surface area contributed by atoms with Crippen LogP contribution in [0.4, 0.5) is 9.52 Å². The lowest BCUT2D eigenvalue weighted by Crippen LogP contribution is -2.12. The standard InChI is InChI=1S/C17H13ClFN3OS/c1-10-3-2-4-11(15(10)18)7-13-9-21-17(24-13)22-16(23)12-5-6-20-14(19)8-12/h2-6,8-9H,7H2,1H3,(H,21,22,23). The number of benzene rings is 1. The molecule has 0 saturated carbocycles. The Kier molecular flexibility index (Phi) is 4.87. The Morgan fingerprint density at radius 2 is 2.17 bits per heavy atom. The Morgan fingerprint density at radius 1 is 1.33 bits per heavy atom. The van der Waals surface area contributed by atoms with Crippen LogP contribution in [0, 0.1) is 12.9 Å². The highest BCUT2D eigenvalue weighted by molar-refractivity contribution is 7.15. The van der Waals surface area contributed by atoms with Crippen LogP contribution in [-0.4, -0.2) is 15.9 Å². The number of pyridine rings is 1. The number of hydrogen-bond donors (Lipinski definition) is 1. The van der Waals surface area contributed by atoms with Crippen LogP contribution in [0.2, 0.25) is 5.02 Å². The average molecular weight is 362 g/mol. The smallest absolute Gasteiger partial charge is 0.257 e. The van der Waals surface area contributed by atoms with E-state index in [-0.39, 0.29) is 5.56 Å². The summed E-state index contributed by atoms with van der Waals surface area (Å²) in [5.41, 5.74) is 2.22. The molecule has 0 atom stereocenters. The monoisotopic (exact) mass is 361 g/mol. The van der Waals surface area contributed by atoms with Crippen LogP contribution in [-0.2, 0) is 6.42 Å². The van der Waals surface area contributed by atoms with Crippen molar-refractivity contribution in [1.29, 1.82) is 0 Å². The van der Waals surface area contributed by atoms with Crippen molar-refractivity contribution in [3.05, 3.63) is 75.3 Å². The second-order valence-corrected chi connectivity index (χ2v) is 6.67. The number of rotatable bonds is 4. The summed E-state index contributed by atoms with van der Waals surface area (Å²) >= 11 is 7.66. The predicted octanol–water partition coefficient (Wildman–Crippen LogP) is 4.48. The molecule has 0 aliphatic heterocycles. The van der Waals surface area contributed by atoms with E-state index in [4.69, 9.17) is 11.6 Å². The molecule has 1 N–H and O–H groups in total. The summed E-state index contributed by atoms with van der Waals surface area (Å²) in [6.07, 6.45) is 3.58. The van der Waals surface area contributed by atoms with Gasteiger partial charge in [-0.1, -0.05) is 29.8 Å². The van der Waals surface area contributed by atoms with Crippen molar-refractivity contribution in [1.82, 2.24) is 9.97 Å². The minimum atomic E-state index is -0.698. The van der Waals surface area contributed by atoms with Gasteiger partial charge < -0.3 is 0 Å². The second kappa shape index (κ2) is 7.07. The van der Waals surface area contributed by atoms with Gasteiger partial charge in [-0.2, -0.15) is 4.39 Å². The molecule has 2 aromatic heterocycles. The van der Waals surface area contributed by atoms with Gasteiger partial charge in [0.1, 0.15) is 0 Å². The maximum atomic E-state index is 13.1. The van der Waals surface area contributed by atoms with Crippen molar-refractivity contribution >= 4 is 34.0 Å². The summed E-state index contributed by atoms with van der Waals surface area (Å²) in [6, 6.07) is 8.40. The van der Waals surface area contributed by atoms with Gasteiger partial charge in [-0.15, -0.1) is 11.3 Å². The molecule has 2 heterocycles. The molecule has 0 saturated heterocycles. The molecular formula is C17H13ClFN3OS. The normalized spacial score (nSPS) is 10.6. The van der Waals surface area contributed by atoms with E-state index in [0.717, 1.165) is 27.1 Å². The minimum Gasteiger partial charge on any atom is -0.298 e. The molecule has 1 aromatic carbocycles. The van der Waals surface area contributed by atoms with E-state index in [1.54, 1.807) is 6.20 Å². The molecule has 3 rings (SSSR count). The Balaban J connectivity index is 1.72. The number of carbonyl (C=O) groups excluding carboxylic acids is 1. The number of halogens is 2. The van der Waals surface area contributed by atoms with Crippen LogP contribution in [0.1, 0.15) is 26.4 Å². The van der Waals surface area contributed by atoms with Gasteiger partial charge in [0.25, 0.3) is 5.91 Å². The van der Waals surface area contributed by atoms with E-state index in [0.29, 0.717) is 11.6 Å². The Hall–Kier alpha value is -2.31. The fraction of sp³-hybridized carbons (Fsp3) is 0.118. The molecule has 0 aliphatic rings. The van der Waals surface area contributed by atoms with Gasteiger partial charge >= 0.3 is 0 Å². The molecule has 24 heavy (non-hydrogen) atoms. The van der Waals surface area contributed by atoms with Gasteiger partial charge in [0.15, 0.2) is 5.13 Å². The lowest BCUT2D eigenvalue weighted by Gasteiger charge is -2.04. The summed E-state index contributed by atoms with van der Waals surface area (Å²) in [4.78, 5) is 20.7. The molecule has 0 spiro atoms. The highest BCUT2D eigenvalue weighted by Gasteiger charge is 2.11. The van der Waals surface area contributed by atoms with Gasteiger partial charge in [-0.05, 0) is 24.1 Å². The highest BCUT2D eigenvalue weighted by atomic mass is 35.5. The Bertz CT molecular complexity index is 897. The fourth-order valence-electron chi connectivity index (χ4n) is 2.19. The number of amides is 1. The van der Waals surface area contributed by atoms with Crippen LogP contribution in [0.25, 0.3) is 0 Å². The first kappa shape index (κ1) is 16.5. The maximum Gasteiger partial charge on any atom is 0.257 e. The number of aromatic nitrogens is 2. The van der Waals surface area contributed by atoms with E-state index in [1.807, 2.05) is 25.1 Å². The topological polar surface area (TPSA) is 54.9 Å². The van der Waals surface area contributed by atoms with Crippen molar-refractivity contribution in [2.24, 2.45) is 0 Å². The summed E-state index contributed by atoms with van der Waals surface area (Å²) in [7, 11) is 0. The lowest BCUT2D eigenvalue weighted by atomic mass is 10.1. The summed E-state index contributed by atoms with van der Waals surface area (Å²) in [5.74, 6) is -1.12. The van der Waals surface area contributed by atoms with Gasteiger partial charge in [-0.3, -0.25) is 10.1 Å². The molecule has 4 nitrogen and oxygen atoms in total. The fourth-order valence-corrected chi connectivity index (χ4v) is 3.22. The first-order valence-corrected chi connectivity index (χ1v) is 8.34. The molecule has 0 unspecified atom stereocenters. The molecule has 122 valence electrons. The van der Waals surface area contributed by atoms with Gasteiger partial charge in [0.2, 0.25) is 5.95 Å². The van der Waals surface area contributed by atoms with Gasteiger partial charge in [0.05, 0.1) is 0 Å². The van der Waals surface area contributed by atoms with Gasteiger partial charge in [-0.25, -0.2) is 9.97 Å². The minimum absolute atomic E-state index is 0.195. The van der Waals surface area contributed by atoms with Crippen molar-refractivity contribution in [3.63, 3.8) is 0 Å². The summed E-state index contributed by atoms with van der Waals surface area (Å²) in [5, 5.41) is 3.85. The van der Waals surface area contributed by atoms with E-state index in [1.165, 1.54) is 23.6 Å². The van der Waals surface area contributed by atoms with Crippen LogP contribution in [0.3, 0.4) is 0 Å². The number of carbonyl (C=O) groups is 1. The van der Waals surface area contributed by atoms with E-state index >= 15 is 0 Å². The predicted molar refractivity (Wildman–Crippen MR) is 93.3 cm³/mol. The van der Waals surface area contributed by atoms with Crippen molar-refractivity contribution < 1.29 is 9.18 Å². The zero-order valence-electron chi connectivity index (χ0n) is 12.7. The molecule has 0 radical (unpaired) electrons. The molecule has 7 heteroatoms. The second-order valence-electron chi connectivity index (χ2n) is 5.18. The van der Waals surface area contributed by atoms with Crippen LogP contribution < -0.4 is 5.32 Å². The van der Waals surface area contributed by atoms with E-state index < -0.39 is 11.9 Å². The third-order valence-electron chi connectivity index (χ3n) is 3.40. The molecular weight excluding hydrogens is 349 g/mol. The third-order valence-corrected chi connectivity index (χ3v) is 4.85. The quantitative estimate of drug-likeness (QED) is 0.697. The number of anilines is 1. The third kappa shape index (κ3) is 3.77. The SMILES string of the molecule is Cc1cccc(Cc2cnc(NC(=O)c3ccnc(F)c3)s2)c1Cl. The largest absolute Gasteiger partial charge is 0.298 e. The van der Waals surface area contributed by atoms with Crippen molar-refractivity contribution in [2.75, 3.05) is 5.32 Å². The zero-order valence-corrected chi connectivity index (χ0v) is 14.3. The van der Waals surface area contributed by atoms with Crippen molar-refractivity contribution in [3.8, 4) is 0 Å². The number of thiazole rings is 1. The Labute approximate surface area is 147 Å². The van der Waals surface area contributed by atoms with Crippen LogP contribution in [0.15, 0.2) is 42.7 Å². The van der Waals surface area contributed by atoms with E-state index in [2.05, 4.69) is 15.3 Å². The number of aryl methyl sites for hydroxylation is 1. The molecule has 0 aliphatic carbocycles. The number of hydrogen-bond acceptors (Lipinski definition) is 4. The molecule has 0 fully saturated rings. The van der Waals surface area contributed by atoms with Gasteiger partial charge in [0, 0.05) is 40.3 Å². The van der Waals surface area contributed by atoms with Crippen molar-refractivity contribution in [2.45, 2.75) is 13.3 Å². The number of nitrogens with zero attached hydrogens (tertiary/aromatic N) is 2. The lowest BCUT2D eigenvalue weighted by molar-refractivity contribution is 0.102. The first-order chi connectivity index (χ1) is 11.5. The van der Waals surface area contributed by atoms with Crippen LogP contribution in [0.5, 0.6) is 0 Å². The average Bonchev–Trinajstić information content (AvgIpc) is 2.99. The summed E-state index contributed by atoms with van der Waals surface area (Å²) < 4.78 is 13.1. The molecule has 3 aromatic rings. The first-order valence-electron chi connectivity index (χ1n) is 7.14. The highest BCUT2D eigenvalue weighted by Crippen LogP contribution is 2.26. The maximum absolute atomic E-state index is 13.1. The summed E-state index contributed by atoms with van der Waals surface area (Å²) in [6.45, 7) is 1.96. The molecule has 0 bridgehead atoms. The molecule has 1 amide bonds. The van der Waals surface area contributed by atoms with Crippen LogP contribution >= 0.6 is 22.9 Å². The number of nitrogens with one attached hydrogen (secondary N) is 1.